The summed E-state index contributed by atoms with van der Waals surface area (Å²) in [5, 5.41) is 0. The van der Waals surface area contributed by atoms with E-state index < -0.39 is 0 Å². The minimum Gasteiger partial charge on any atom is -0.0776 e. The monoisotopic (exact) mass is 126 g/mol. The maximum absolute atomic E-state index is 2.12. The van der Waals surface area contributed by atoms with Crippen LogP contribution in [0.5, 0.6) is 0 Å². The fourth-order valence-corrected chi connectivity index (χ4v) is 0.333. The van der Waals surface area contributed by atoms with Crippen LogP contribution in [0, 0.1) is 0 Å². The molecule has 0 unspecified atom stereocenters. The lowest BCUT2D eigenvalue weighted by Gasteiger charge is -1.84. The van der Waals surface area contributed by atoms with E-state index in [-0.39, 0.29) is 7.43 Å². The molecule has 0 aliphatic rings. The standard InChI is InChI=1S/C8H14.CH4/c1-7(2)5-6-8(3)4;/h5-6H,1-4H3;1H4. The SMILES string of the molecule is C.CC(C)=CC=C(C)C. The molecule has 0 spiro atoms. The Morgan fingerprint density at radius 3 is 1.11 bits per heavy atom. The first-order valence-corrected chi connectivity index (χ1v) is 2.91. The Kier molecular flexibility index (Phi) is 7.05. The third-order valence-electron chi connectivity index (χ3n) is 0.750. The average molecular weight is 126 g/mol. The molecule has 0 aromatic carbocycles. The highest BCUT2D eigenvalue weighted by Crippen LogP contribution is 1.93. The zero-order valence-electron chi connectivity index (χ0n) is 6.15. The lowest BCUT2D eigenvalue weighted by molar-refractivity contribution is 1.35. The summed E-state index contributed by atoms with van der Waals surface area (Å²) in [6, 6.07) is 0. The highest BCUT2D eigenvalue weighted by Gasteiger charge is 1.71. The largest absolute Gasteiger partial charge is 0.0776 e. The van der Waals surface area contributed by atoms with Gasteiger partial charge in [-0.1, -0.05) is 30.7 Å². The summed E-state index contributed by atoms with van der Waals surface area (Å²) in [6.07, 6.45) is 4.24. The van der Waals surface area contributed by atoms with Crippen LogP contribution in [0.1, 0.15) is 35.1 Å². The van der Waals surface area contributed by atoms with E-state index in [0.29, 0.717) is 0 Å². The van der Waals surface area contributed by atoms with Crippen molar-refractivity contribution >= 4 is 0 Å². The van der Waals surface area contributed by atoms with Gasteiger partial charge in [-0.25, -0.2) is 0 Å². The second kappa shape index (κ2) is 5.61. The van der Waals surface area contributed by atoms with E-state index in [1.54, 1.807) is 0 Å². The third kappa shape index (κ3) is 11.2. The third-order valence-corrected chi connectivity index (χ3v) is 0.750. The summed E-state index contributed by atoms with van der Waals surface area (Å²) in [5.74, 6) is 0. The Hall–Kier alpha value is -0.520. The molecule has 0 N–H and O–H groups in total. The number of hydrogen-bond donors (Lipinski definition) is 0. The van der Waals surface area contributed by atoms with Crippen molar-refractivity contribution in [2.24, 2.45) is 0 Å². The van der Waals surface area contributed by atoms with Gasteiger partial charge in [0.2, 0.25) is 0 Å². The smallest absolute Gasteiger partial charge is 0.0439 e. The summed E-state index contributed by atoms with van der Waals surface area (Å²) in [7, 11) is 0. The van der Waals surface area contributed by atoms with Crippen LogP contribution in [0.25, 0.3) is 0 Å². The van der Waals surface area contributed by atoms with Crippen molar-refractivity contribution in [1.29, 1.82) is 0 Å². The molecular weight excluding hydrogens is 108 g/mol. The first-order chi connectivity index (χ1) is 3.63. The topological polar surface area (TPSA) is 0 Å². The van der Waals surface area contributed by atoms with Gasteiger partial charge < -0.3 is 0 Å². The van der Waals surface area contributed by atoms with E-state index >= 15 is 0 Å². The van der Waals surface area contributed by atoms with Crippen LogP contribution >= 0.6 is 0 Å². The minimum atomic E-state index is 0. The Labute approximate surface area is 59.3 Å². The highest BCUT2D eigenvalue weighted by atomic mass is 13.8. The first-order valence-electron chi connectivity index (χ1n) is 2.91. The van der Waals surface area contributed by atoms with Gasteiger partial charge in [0.15, 0.2) is 0 Å². The van der Waals surface area contributed by atoms with Gasteiger partial charge in [0.05, 0.1) is 0 Å². The van der Waals surface area contributed by atoms with Crippen LogP contribution in [-0.2, 0) is 0 Å². The van der Waals surface area contributed by atoms with E-state index in [2.05, 4.69) is 39.8 Å². The highest BCUT2D eigenvalue weighted by molar-refractivity contribution is 5.12. The second-order valence-corrected chi connectivity index (χ2v) is 2.49. The molecule has 0 heterocycles. The quantitative estimate of drug-likeness (QED) is 0.471. The van der Waals surface area contributed by atoms with Gasteiger partial charge in [0, 0.05) is 0 Å². The van der Waals surface area contributed by atoms with Gasteiger partial charge in [-0.2, -0.15) is 0 Å². The molecule has 0 radical (unpaired) electrons. The lowest BCUT2D eigenvalue weighted by atomic mass is 10.2. The van der Waals surface area contributed by atoms with E-state index in [0.717, 1.165) is 0 Å². The van der Waals surface area contributed by atoms with E-state index in [1.165, 1.54) is 11.1 Å². The molecule has 0 atom stereocenters. The average Bonchev–Trinajstić information content (AvgIpc) is 1.61. The van der Waals surface area contributed by atoms with E-state index in [9.17, 15) is 0 Å². The van der Waals surface area contributed by atoms with E-state index in [4.69, 9.17) is 0 Å². The predicted octanol–water partition coefficient (Wildman–Crippen LogP) is 3.55. The van der Waals surface area contributed by atoms with Crippen LogP contribution in [0.4, 0.5) is 0 Å². The summed E-state index contributed by atoms with van der Waals surface area (Å²) >= 11 is 0. The van der Waals surface area contributed by atoms with Crippen molar-refractivity contribution in [3.8, 4) is 0 Å². The molecule has 0 saturated heterocycles. The van der Waals surface area contributed by atoms with Gasteiger partial charge in [0.1, 0.15) is 0 Å². The van der Waals surface area contributed by atoms with Gasteiger partial charge in [-0.3, -0.25) is 0 Å². The fraction of sp³-hybridized carbons (Fsp3) is 0.556. The zero-order chi connectivity index (χ0) is 6.57. The van der Waals surface area contributed by atoms with Crippen molar-refractivity contribution in [2.75, 3.05) is 0 Å². The van der Waals surface area contributed by atoms with Crippen molar-refractivity contribution in [3.05, 3.63) is 23.3 Å². The Balaban J connectivity index is 0. The lowest BCUT2D eigenvalue weighted by Crippen LogP contribution is -1.62. The molecule has 0 aliphatic heterocycles. The summed E-state index contributed by atoms with van der Waals surface area (Å²) in [6.45, 7) is 8.39. The predicted molar refractivity (Wildman–Crippen MR) is 45.6 cm³/mol. The van der Waals surface area contributed by atoms with Crippen LogP contribution < -0.4 is 0 Å². The second-order valence-electron chi connectivity index (χ2n) is 2.49. The molecule has 0 fully saturated rings. The molecule has 0 heteroatoms. The maximum Gasteiger partial charge on any atom is -0.0439 e. The molecule has 0 amide bonds. The van der Waals surface area contributed by atoms with Crippen LogP contribution in [-0.4, -0.2) is 0 Å². The number of rotatable bonds is 1. The molecular formula is C9H18. The van der Waals surface area contributed by atoms with Gasteiger partial charge >= 0.3 is 0 Å². The van der Waals surface area contributed by atoms with Crippen molar-refractivity contribution in [2.45, 2.75) is 35.1 Å². The number of hydrogen-bond acceptors (Lipinski definition) is 0. The molecule has 54 valence electrons. The van der Waals surface area contributed by atoms with Crippen LogP contribution in [0.15, 0.2) is 23.3 Å². The minimum absolute atomic E-state index is 0. The molecule has 0 aliphatic carbocycles. The number of allylic oxidation sites excluding steroid dienone is 4. The Bertz CT molecular complexity index is 92.0. The molecule has 0 aromatic rings. The summed E-state index contributed by atoms with van der Waals surface area (Å²) < 4.78 is 0. The van der Waals surface area contributed by atoms with Gasteiger partial charge in [0.25, 0.3) is 0 Å². The van der Waals surface area contributed by atoms with Crippen molar-refractivity contribution in [1.82, 2.24) is 0 Å². The molecule has 0 rings (SSSR count). The Morgan fingerprint density at radius 2 is 1.00 bits per heavy atom. The Morgan fingerprint density at radius 1 is 0.778 bits per heavy atom. The van der Waals surface area contributed by atoms with Crippen molar-refractivity contribution in [3.63, 3.8) is 0 Å². The van der Waals surface area contributed by atoms with Crippen LogP contribution in [0.3, 0.4) is 0 Å². The van der Waals surface area contributed by atoms with Gasteiger partial charge in [-0.15, -0.1) is 0 Å². The zero-order valence-corrected chi connectivity index (χ0v) is 6.15. The van der Waals surface area contributed by atoms with Gasteiger partial charge in [-0.05, 0) is 27.7 Å². The molecule has 0 saturated carbocycles. The normalized spacial score (nSPS) is 7.11. The molecule has 0 aromatic heterocycles. The molecule has 0 nitrogen and oxygen atoms in total. The van der Waals surface area contributed by atoms with E-state index in [1.807, 2.05) is 0 Å². The van der Waals surface area contributed by atoms with Crippen LogP contribution in [0.2, 0.25) is 0 Å². The molecule has 9 heavy (non-hydrogen) atoms. The molecule has 0 bridgehead atoms. The van der Waals surface area contributed by atoms with Crippen molar-refractivity contribution < 1.29 is 0 Å². The first kappa shape index (κ1) is 11.3. The fourth-order valence-electron chi connectivity index (χ4n) is 0.333. The maximum atomic E-state index is 2.12. The summed E-state index contributed by atoms with van der Waals surface area (Å²) in [4.78, 5) is 0. The summed E-state index contributed by atoms with van der Waals surface area (Å²) in [5.41, 5.74) is 2.71.